The van der Waals surface area contributed by atoms with Gasteiger partial charge in [0.2, 0.25) is 0 Å². The van der Waals surface area contributed by atoms with Crippen molar-refractivity contribution < 1.29 is 14.4 Å². The molecule has 0 aromatic carbocycles. The van der Waals surface area contributed by atoms with Gasteiger partial charge in [-0.2, -0.15) is 5.48 Å². The summed E-state index contributed by atoms with van der Waals surface area (Å²) in [6.45, 7) is 0. The predicted molar refractivity (Wildman–Crippen MR) is 26.5 cm³/mol. The summed E-state index contributed by atoms with van der Waals surface area (Å²) < 4.78 is 0. The quantitative estimate of drug-likeness (QED) is 0.222. The number of nitriles is 1. The van der Waals surface area contributed by atoms with Gasteiger partial charge in [0.25, 0.3) is 6.08 Å². The second-order valence-corrected chi connectivity index (χ2v) is 0.939. The van der Waals surface area contributed by atoms with Crippen LogP contribution in [-0.4, -0.2) is 12.1 Å². The molecule has 0 aliphatic heterocycles. The predicted octanol–water partition coefficient (Wildman–Crippen LogP) is -1.05. The normalized spacial score (nSPS) is 6.30. The van der Waals surface area contributed by atoms with Gasteiger partial charge >= 0.3 is 12.3 Å². The second-order valence-electron chi connectivity index (χ2n) is 0.939. The lowest BCUT2D eigenvalue weighted by atomic mass is 11.1. The molecule has 0 unspecified atom stereocenters. The number of isocyanates is 1. The first-order chi connectivity index (χ1) is 4.81. The van der Waals surface area contributed by atoms with E-state index in [9.17, 15) is 9.59 Å². The fraction of sp³-hybridized carbons (Fsp3) is 0. The SMILES string of the molecule is N#CONC(=O)NN=C=O. The van der Waals surface area contributed by atoms with Gasteiger partial charge in [0.1, 0.15) is 0 Å². The van der Waals surface area contributed by atoms with E-state index in [-0.39, 0.29) is 0 Å². The van der Waals surface area contributed by atoms with E-state index < -0.39 is 6.03 Å². The Hall–Kier alpha value is -2.06. The number of rotatable bonds is 2. The van der Waals surface area contributed by atoms with Crippen molar-refractivity contribution in [3.8, 4) is 6.26 Å². The molecule has 52 valence electrons. The van der Waals surface area contributed by atoms with Gasteiger partial charge in [0.05, 0.1) is 0 Å². The minimum absolute atomic E-state index is 0.926. The highest BCUT2D eigenvalue weighted by molar-refractivity contribution is 5.72. The average molecular weight is 142 g/mol. The third-order valence-corrected chi connectivity index (χ3v) is 0.392. The molecule has 7 heteroatoms. The van der Waals surface area contributed by atoms with Crippen molar-refractivity contribution in [2.45, 2.75) is 0 Å². The Kier molecular flexibility index (Phi) is 4.04. The van der Waals surface area contributed by atoms with E-state index in [2.05, 4.69) is 9.94 Å². The fourth-order valence-corrected chi connectivity index (χ4v) is 0.166. The molecule has 0 rings (SSSR count). The molecule has 0 aliphatic rings. The van der Waals surface area contributed by atoms with Gasteiger partial charge in [-0.15, -0.1) is 5.26 Å². The molecule has 0 radical (unpaired) electrons. The highest BCUT2D eigenvalue weighted by Crippen LogP contribution is 1.63. The molecule has 7 nitrogen and oxygen atoms in total. The molecule has 0 heterocycles. The highest BCUT2D eigenvalue weighted by atomic mass is 16.6. The van der Waals surface area contributed by atoms with Crippen LogP contribution in [0.2, 0.25) is 0 Å². The topological polar surface area (TPSA) is 104 Å². The number of hydrogen-bond acceptors (Lipinski definition) is 5. The molecule has 0 atom stereocenters. The maximum Gasteiger partial charge on any atom is 0.369 e. The Morgan fingerprint density at radius 2 is 2.40 bits per heavy atom. The lowest BCUT2D eigenvalue weighted by molar-refractivity contribution is 0.153. The Labute approximate surface area is 55.2 Å². The summed E-state index contributed by atoms with van der Waals surface area (Å²) >= 11 is 0. The number of carbonyl (C=O) groups excluding carboxylic acids is 2. The second kappa shape index (κ2) is 5.08. The smallest absolute Gasteiger partial charge is 0.297 e. The third-order valence-electron chi connectivity index (χ3n) is 0.392. The number of nitrogens with one attached hydrogen (secondary N) is 2. The van der Waals surface area contributed by atoms with Crippen LogP contribution in [0.25, 0.3) is 0 Å². The summed E-state index contributed by atoms with van der Waals surface area (Å²) in [6, 6.07) is -0.926. The van der Waals surface area contributed by atoms with E-state index in [1.54, 1.807) is 10.9 Å². The molecule has 0 fully saturated rings. The lowest BCUT2D eigenvalue weighted by Crippen LogP contribution is -2.30. The van der Waals surface area contributed by atoms with E-state index in [4.69, 9.17) is 5.26 Å². The Bertz CT molecular complexity index is 200. The first-order valence-corrected chi connectivity index (χ1v) is 1.99. The van der Waals surface area contributed by atoms with Gasteiger partial charge in [0.15, 0.2) is 0 Å². The van der Waals surface area contributed by atoms with Gasteiger partial charge < -0.3 is 0 Å². The van der Waals surface area contributed by atoms with Crippen LogP contribution in [-0.2, 0) is 9.63 Å². The molecular formula is C3H2N4O3. The standard InChI is InChI=1S/C3H2N4O3/c4-1-10-7-3(9)6-5-2-8/h(H2,6,7,9). The number of nitrogens with zero attached hydrogens (tertiary/aromatic N) is 2. The summed E-state index contributed by atoms with van der Waals surface area (Å²) in [5, 5.41) is 10.4. The van der Waals surface area contributed by atoms with Crippen molar-refractivity contribution in [3.05, 3.63) is 0 Å². The molecule has 10 heavy (non-hydrogen) atoms. The van der Waals surface area contributed by atoms with Crippen LogP contribution in [0.5, 0.6) is 0 Å². The summed E-state index contributed by atoms with van der Waals surface area (Å²) in [5.41, 5.74) is 3.23. The third kappa shape index (κ3) is 4.11. The molecule has 0 aliphatic carbocycles. The van der Waals surface area contributed by atoms with E-state index in [0.29, 0.717) is 0 Å². The average Bonchev–Trinajstić information content (AvgIpc) is 1.97. The number of amides is 2. The zero-order valence-corrected chi connectivity index (χ0v) is 4.62. The lowest BCUT2D eigenvalue weighted by Gasteiger charge is -1.94. The van der Waals surface area contributed by atoms with Gasteiger partial charge in [-0.05, 0) is 0 Å². The Morgan fingerprint density at radius 1 is 1.70 bits per heavy atom. The van der Waals surface area contributed by atoms with Crippen molar-refractivity contribution >= 4 is 12.1 Å². The van der Waals surface area contributed by atoms with Crippen LogP contribution < -0.4 is 10.9 Å². The van der Waals surface area contributed by atoms with Crippen molar-refractivity contribution in [2.75, 3.05) is 0 Å². The molecule has 0 aromatic rings. The van der Waals surface area contributed by atoms with Crippen molar-refractivity contribution in [1.82, 2.24) is 10.9 Å². The molecule has 2 amide bonds. The zero-order valence-electron chi connectivity index (χ0n) is 4.62. The number of hydroxylamine groups is 1. The highest BCUT2D eigenvalue weighted by Gasteiger charge is 1.94. The molecule has 0 spiro atoms. The van der Waals surface area contributed by atoms with Crippen LogP contribution in [0, 0.1) is 11.5 Å². The van der Waals surface area contributed by atoms with Crippen molar-refractivity contribution in [1.29, 1.82) is 5.26 Å². The monoisotopic (exact) mass is 142 g/mol. The van der Waals surface area contributed by atoms with Crippen molar-refractivity contribution in [2.24, 2.45) is 5.10 Å². The molecule has 2 N–H and O–H groups in total. The van der Waals surface area contributed by atoms with Crippen LogP contribution in [0.3, 0.4) is 0 Å². The fourth-order valence-electron chi connectivity index (χ4n) is 0.166. The molecule has 0 bridgehead atoms. The summed E-state index contributed by atoms with van der Waals surface area (Å²) in [7, 11) is 0. The summed E-state index contributed by atoms with van der Waals surface area (Å²) in [4.78, 5) is 23.3. The van der Waals surface area contributed by atoms with E-state index in [0.717, 1.165) is 12.3 Å². The van der Waals surface area contributed by atoms with Crippen molar-refractivity contribution in [3.63, 3.8) is 0 Å². The summed E-state index contributed by atoms with van der Waals surface area (Å²) in [5.74, 6) is 0. The number of hydrazone groups is 1. The maximum atomic E-state index is 10.2. The molecule has 0 saturated heterocycles. The maximum absolute atomic E-state index is 10.2. The number of urea groups is 1. The van der Waals surface area contributed by atoms with E-state index >= 15 is 0 Å². The van der Waals surface area contributed by atoms with Crippen LogP contribution in [0.1, 0.15) is 0 Å². The van der Waals surface area contributed by atoms with Crippen LogP contribution in [0.4, 0.5) is 4.79 Å². The largest absolute Gasteiger partial charge is 0.369 e. The first kappa shape index (κ1) is 7.94. The zero-order chi connectivity index (χ0) is 7.82. The molecular weight excluding hydrogens is 140 g/mol. The summed E-state index contributed by atoms with van der Waals surface area (Å²) in [6.07, 6.45) is 2.20. The van der Waals surface area contributed by atoms with Crippen LogP contribution >= 0.6 is 0 Å². The van der Waals surface area contributed by atoms with Gasteiger partial charge in [-0.1, -0.05) is 5.10 Å². The Balaban J connectivity index is 3.46. The van der Waals surface area contributed by atoms with E-state index in [1.807, 2.05) is 0 Å². The number of hydrogen-bond donors (Lipinski definition) is 2. The minimum atomic E-state index is -0.926. The van der Waals surface area contributed by atoms with Gasteiger partial charge in [-0.3, -0.25) is 4.84 Å². The molecule has 0 aromatic heterocycles. The van der Waals surface area contributed by atoms with Crippen LogP contribution in [0.15, 0.2) is 5.10 Å². The van der Waals surface area contributed by atoms with Gasteiger partial charge in [0, 0.05) is 0 Å². The van der Waals surface area contributed by atoms with E-state index in [1.165, 1.54) is 0 Å². The molecule has 0 saturated carbocycles. The Morgan fingerprint density at radius 3 is 2.90 bits per heavy atom. The first-order valence-electron chi connectivity index (χ1n) is 1.99. The number of carbonyl (C=O) groups is 1. The minimum Gasteiger partial charge on any atom is -0.297 e. The van der Waals surface area contributed by atoms with Gasteiger partial charge in [-0.25, -0.2) is 15.0 Å².